The van der Waals surface area contributed by atoms with Crippen molar-refractivity contribution in [3.8, 4) is 0 Å². The minimum Gasteiger partial charge on any atom is -0.393 e. The van der Waals surface area contributed by atoms with Gasteiger partial charge in [0.2, 0.25) is 5.91 Å². The van der Waals surface area contributed by atoms with E-state index in [-0.39, 0.29) is 34.8 Å². The van der Waals surface area contributed by atoms with Gasteiger partial charge in [0, 0.05) is 6.04 Å². The number of carbonyl (C=O) groups is 1. The van der Waals surface area contributed by atoms with E-state index in [1.807, 2.05) is 13.8 Å². The molecule has 0 aromatic heterocycles. The molecule has 158 valence electrons. The molecule has 1 amide bonds. The van der Waals surface area contributed by atoms with Gasteiger partial charge in [-0.2, -0.15) is 0 Å². The van der Waals surface area contributed by atoms with E-state index in [9.17, 15) is 9.90 Å². The molecule has 0 aromatic rings. The lowest BCUT2D eigenvalue weighted by molar-refractivity contribution is -0.125. The molecule has 0 aliphatic heterocycles. The van der Waals surface area contributed by atoms with Gasteiger partial charge in [0.1, 0.15) is 0 Å². The highest BCUT2D eigenvalue weighted by atomic mass is 16.3. The zero-order chi connectivity index (χ0) is 20.3. The van der Waals surface area contributed by atoms with E-state index in [0.717, 1.165) is 43.9 Å². The quantitative estimate of drug-likeness (QED) is 0.644. The summed E-state index contributed by atoms with van der Waals surface area (Å²) in [5.74, 6) is 2.36. The summed E-state index contributed by atoms with van der Waals surface area (Å²) < 4.78 is 0. The third kappa shape index (κ3) is 3.06. The molecule has 4 rings (SSSR count). The summed E-state index contributed by atoms with van der Waals surface area (Å²) in [6.45, 7) is 8.93. The van der Waals surface area contributed by atoms with Crippen molar-refractivity contribution in [1.29, 1.82) is 0 Å². The molecule has 3 unspecified atom stereocenters. The van der Waals surface area contributed by atoms with E-state index in [1.54, 1.807) is 0 Å². The first kappa shape index (κ1) is 20.4. The van der Waals surface area contributed by atoms with Crippen molar-refractivity contribution in [3.63, 3.8) is 0 Å². The third-order valence-corrected chi connectivity index (χ3v) is 9.42. The van der Waals surface area contributed by atoms with Crippen molar-refractivity contribution in [2.45, 2.75) is 97.2 Å². The lowest BCUT2D eigenvalue weighted by atomic mass is 9.48. The Bertz CT molecular complexity index is 659. The maximum atomic E-state index is 12.6. The molecule has 0 aromatic carbocycles. The Labute approximate surface area is 170 Å². The fraction of sp³-hybridized carbons (Fsp3) is 0.875. The molecule has 4 heteroatoms. The van der Waals surface area contributed by atoms with Crippen LogP contribution >= 0.6 is 0 Å². The maximum absolute atomic E-state index is 12.6. The van der Waals surface area contributed by atoms with Gasteiger partial charge in [-0.05, 0) is 85.9 Å². The number of hydrogen-bond donors (Lipinski definition) is 3. The van der Waals surface area contributed by atoms with Crippen LogP contribution in [0.5, 0.6) is 0 Å². The lowest BCUT2D eigenvalue weighted by Gasteiger charge is -2.58. The zero-order valence-corrected chi connectivity index (χ0v) is 18.2. The first-order chi connectivity index (χ1) is 13.2. The summed E-state index contributed by atoms with van der Waals surface area (Å²) in [4.78, 5) is 12.6. The van der Waals surface area contributed by atoms with Gasteiger partial charge in [0.05, 0.1) is 12.1 Å². The van der Waals surface area contributed by atoms with Crippen LogP contribution in [0.3, 0.4) is 0 Å². The van der Waals surface area contributed by atoms with Crippen molar-refractivity contribution in [3.05, 3.63) is 11.6 Å². The Morgan fingerprint density at radius 1 is 1.18 bits per heavy atom. The fourth-order valence-electron chi connectivity index (χ4n) is 7.45. The molecule has 4 nitrogen and oxygen atoms in total. The van der Waals surface area contributed by atoms with Crippen LogP contribution in [0.15, 0.2) is 11.6 Å². The SMILES string of the molecule is CC(C)[C@H](N)C(=O)N[C@H]1CCC2C3CC=C4C[C@@H](O)CC[C@]4(C)C3CC[C@@]21C. The number of nitrogens with two attached hydrogens (primary N) is 1. The molecule has 4 N–H and O–H groups in total. The Balaban J connectivity index is 1.53. The Morgan fingerprint density at radius 3 is 2.64 bits per heavy atom. The van der Waals surface area contributed by atoms with E-state index in [1.165, 1.54) is 24.8 Å². The van der Waals surface area contributed by atoms with Crippen molar-refractivity contribution in [1.82, 2.24) is 5.32 Å². The lowest BCUT2D eigenvalue weighted by Crippen LogP contribution is -2.56. The van der Waals surface area contributed by atoms with Gasteiger partial charge in [0.15, 0.2) is 0 Å². The van der Waals surface area contributed by atoms with Crippen LogP contribution in [0.1, 0.15) is 79.1 Å². The van der Waals surface area contributed by atoms with E-state index in [2.05, 4.69) is 25.2 Å². The van der Waals surface area contributed by atoms with Gasteiger partial charge in [-0.15, -0.1) is 0 Å². The second-order valence-corrected chi connectivity index (χ2v) is 11.1. The molecule has 0 bridgehead atoms. The Hall–Kier alpha value is -0.870. The summed E-state index contributed by atoms with van der Waals surface area (Å²) in [6, 6.07) is -0.145. The van der Waals surface area contributed by atoms with Crippen LogP contribution in [-0.4, -0.2) is 29.2 Å². The van der Waals surface area contributed by atoms with Gasteiger partial charge < -0.3 is 16.2 Å². The van der Waals surface area contributed by atoms with Gasteiger partial charge in [-0.1, -0.05) is 39.3 Å². The summed E-state index contributed by atoms with van der Waals surface area (Å²) in [5.41, 5.74) is 8.13. The topological polar surface area (TPSA) is 75.4 Å². The summed E-state index contributed by atoms with van der Waals surface area (Å²) in [7, 11) is 0. The predicted octanol–water partition coefficient (Wildman–Crippen LogP) is 3.78. The number of hydrogen-bond acceptors (Lipinski definition) is 3. The maximum Gasteiger partial charge on any atom is 0.237 e. The van der Waals surface area contributed by atoms with Crippen LogP contribution in [0, 0.1) is 34.5 Å². The van der Waals surface area contributed by atoms with Crippen LogP contribution in [0.4, 0.5) is 0 Å². The highest BCUT2D eigenvalue weighted by molar-refractivity contribution is 5.82. The molecule has 0 radical (unpaired) electrons. The van der Waals surface area contributed by atoms with Gasteiger partial charge in [-0.3, -0.25) is 4.79 Å². The molecule has 3 saturated carbocycles. The molecule has 4 aliphatic rings. The largest absolute Gasteiger partial charge is 0.393 e. The number of allylic oxidation sites excluding steroid dienone is 1. The average molecular weight is 389 g/mol. The highest BCUT2D eigenvalue weighted by Crippen LogP contribution is 2.64. The predicted molar refractivity (Wildman–Crippen MR) is 112 cm³/mol. The van der Waals surface area contributed by atoms with Crippen LogP contribution < -0.4 is 11.1 Å². The Kier molecular flexibility index (Phi) is 5.19. The molecule has 4 aliphatic carbocycles. The first-order valence-electron chi connectivity index (χ1n) is 11.6. The minimum absolute atomic E-state index is 0.0306. The zero-order valence-electron chi connectivity index (χ0n) is 18.2. The molecule has 0 heterocycles. The van der Waals surface area contributed by atoms with E-state index in [0.29, 0.717) is 5.92 Å². The Morgan fingerprint density at radius 2 is 1.93 bits per heavy atom. The molecule has 0 saturated heterocycles. The number of rotatable bonds is 3. The van der Waals surface area contributed by atoms with Crippen molar-refractivity contribution < 1.29 is 9.90 Å². The monoisotopic (exact) mass is 388 g/mol. The van der Waals surface area contributed by atoms with E-state index >= 15 is 0 Å². The van der Waals surface area contributed by atoms with Crippen molar-refractivity contribution in [2.75, 3.05) is 0 Å². The fourth-order valence-corrected chi connectivity index (χ4v) is 7.45. The van der Waals surface area contributed by atoms with Crippen LogP contribution in [-0.2, 0) is 4.79 Å². The molecule has 3 fully saturated rings. The van der Waals surface area contributed by atoms with Gasteiger partial charge in [0.25, 0.3) is 0 Å². The second kappa shape index (κ2) is 7.12. The number of aliphatic hydroxyl groups excluding tert-OH is 1. The standard InChI is InChI=1S/C24H40N2O2/c1-14(2)21(25)22(28)26-20-8-7-18-17-6-5-15-13-16(27)9-11-23(15,3)19(17)10-12-24(18,20)4/h5,14,16-21,27H,6-13,25H2,1-4H3,(H,26,28)/t16-,17?,18?,19?,20-,21-,23-,24-/m0/s1. The van der Waals surface area contributed by atoms with Gasteiger partial charge >= 0.3 is 0 Å². The number of aliphatic hydroxyl groups is 1. The van der Waals surface area contributed by atoms with Gasteiger partial charge in [-0.25, -0.2) is 0 Å². The number of nitrogens with one attached hydrogen (secondary N) is 1. The number of amides is 1. The van der Waals surface area contributed by atoms with E-state index < -0.39 is 6.04 Å². The number of fused-ring (bicyclic) bond motifs is 5. The molecular weight excluding hydrogens is 348 g/mol. The van der Waals surface area contributed by atoms with E-state index in [4.69, 9.17) is 5.73 Å². The van der Waals surface area contributed by atoms with Crippen molar-refractivity contribution in [2.24, 2.45) is 40.2 Å². The molecule has 28 heavy (non-hydrogen) atoms. The summed E-state index contributed by atoms with van der Waals surface area (Å²) >= 11 is 0. The van der Waals surface area contributed by atoms with Crippen LogP contribution in [0.2, 0.25) is 0 Å². The highest BCUT2D eigenvalue weighted by Gasteiger charge is 2.58. The van der Waals surface area contributed by atoms with Crippen molar-refractivity contribution >= 4 is 5.91 Å². The van der Waals surface area contributed by atoms with Crippen LogP contribution in [0.25, 0.3) is 0 Å². The normalized spacial score (nSPS) is 46.2. The third-order valence-electron chi connectivity index (χ3n) is 9.42. The minimum atomic E-state index is -0.410. The first-order valence-corrected chi connectivity index (χ1v) is 11.6. The molecular formula is C24H40N2O2. The second-order valence-electron chi connectivity index (χ2n) is 11.1. The summed E-state index contributed by atoms with van der Waals surface area (Å²) in [5, 5.41) is 13.5. The molecule has 8 atom stereocenters. The summed E-state index contributed by atoms with van der Waals surface area (Å²) in [6.07, 6.45) is 11.2. The molecule has 0 spiro atoms. The number of carbonyl (C=O) groups excluding carboxylic acids is 1. The average Bonchev–Trinajstić information content (AvgIpc) is 2.98. The smallest absolute Gasteiger partial charge is 0.237 e.